The van der Waals surface area contributed by atoms with E-state index in [1.807, 2.05) is 0 Å². The average molecular weight is 232 g/mol. The van der Waals surface area contributed by atoms with Crippen LogP contribution >= 0.6 is 0 Å². The van der Waals surface area contributed by atoms with Gasteiger partial charge in [0.1, 0.15) is 0 Å². The van der Waals surface area contributed by atoms with Gasteiger partial charge in [-0.05, 0) is 35.1 Å². The lowest BCUT2D eigenvalue weighted by molar-refractivity contribution is -0.132. The van der Waals surface area contributed by atoms with E-state index in [9.17, 15) is 4.79 Å². The van der Waals surface area contributed by atoms with Crippen LogP contribution in [0.15, 0.2) is 60.8 Å². The van der Waals surface area contributed by atoms with Crippen LogP contribution in [0.2, 0.25) is 0 Å². The summed E-state index contributed by atoms with van der Waals surface area (Å²) in [5, 5.41) is 8.81. The van der Waals surface area contributed by atoms with Gasteiger partial charge < -0.3 is 5.11 Å². The molecule has 0 saturated carbocycles. The standard InChI is InChI=1S/C15H20O2/c1-7-8-9-10(2)11(3)12(4)13(5)14(6)15(16)17/h2-9H2,1H3,(H,16,17). The minimum Gasteiger partial charge on any atom is -0.478 e. The lowest BCUT2D eigenvalue weighted by Crippen LogP contribution is -2.04. The van der Waals surface area contributed by atoms with Gasteiger partial charge in [-0.3, -0.25) is 0 Å². The Balaban J connectivity index is 4.67. The summed E-state index contributed by atoms with van der Waals surface area (Å²) in [4.78, 5) is 10.8. The molecule has 0 aliphatic carbocycles. The summed E-state index contributed by atoms with van der Waals surface area (Å²) in [7, 11) is 0. The second-order valence-corrected chi connectivity index (χ2v) is 3.93. The highest BCUT2D eigenvalue weighted by atomic mass is 16.4. The van der Waals surface area contributed by atoms with Crippen molar-refractivity contribution >= 4 is 5.97 Å². The van der Waals surface area contributed by atoms with Gasteiger partial charge in [-0.1, -0.05) is 46.2 Å². The fourth-order valence-corrected chi connectivity index (χ4v) is 1.25. The van der Waals surface area contributed by atoms with E-state index in [0.29, 0.717) is 16.7 Å². The molecule has 0 saturated heterocycles. The van der Waals surface area contributed by atoms with Crippen LogP contribution < -0.4 is 0 Å². The number of carboxylic acids is 1. The summed E-state index contributed by atoms with van der Waals surface area (Å²) in [5.41, 5.74) is 2.28. The van der Waals surface area contributed by atoms with Gasteiger partial charge in [0.2, 0.25) is 0 Å². The van der Waals surface area contributed by atoms with Crippen molar-refractivity contribution in [3.8, 4) is 0 Å². The Bertz CT molecular complexity index is 397. The van der Waals surface area contributed by atoms with E-state index in [1.54, 1.807) is 0 Å². The molecule has 0 aromatic rings. The van der Waals surface area contributed by atoms with Gasteiger partial charge in [-0.15, -0.1) is 0 Å². The molecule has 0 spiro atoms. The van der Waals surface area contributed by atoms with Crippen LogP contribution in [0.25, 0.3) is 0 Å². The van der Waals surface area contributed by atoms with Gasteiger partial charge in [0.05, 0.1) is 5.57 Å². The first-order valence-corrected chi connectivity index (χ1v) is 5.51. The third-order valence-electron chi connectivity index (χ3n) is 2.61. The SMILES string of the molecule is C=C(CCCC)C(=C)C(=C)C(=C)C(=C)C(=O)O. The molecular weight excluding hydrogens is 212 g/mol. The van der Waals surface area contributed by atoms with E-state index < -0.39 is 5.97 Å². The predicted octanol–water partition coefficient (Wildman–Crippen LogP) is 4.04. The van der Waals surface area contributed by atoms with Gasteiger partial charge >= 0.3 is 5.97 Å². The van der Waals surface area contributed by atoms with Crippen LogP contribution in [0.4, 0.5) is 0 Å². The van der Waals surface area contributed by atoms with Gasteiger partial charge in [-0.25, -0.2) is 4.79 Å². The highest BCUT2D eigenvalue weighted by molar-refractivity contribution is 5.93. The Kier molecular flexibility index (Phi) is 5.97. The highest BCUT2D eigenvalue weighted by Gasteiger charge is 2.14. The summed E-state index contributed by atoms with van der Waals surface area (Å²) in [6.07, 6.45) is 2.93. The zero-order valence-electron chi connectivity index (χ0n) is 10.5. The Morgan fingerprint density at radius 1 is 0.941 bits per heavy atom. The second-order valence-electron chi connectivity index (χ2n) is 3.93. The van der Waals surface area contributed by atoms with Crippen molar-refractivity contribution in [1.29, 1.82) is 0 Å². The number of carboxylic acid groups (broad SMARTS) is 1. The summed E-state index contributed by atoms with van der Waals surface area (Å²) < 4.78 is 0. The van der Waals surface area contributed by atoms with Crippen molar-refractivity contribution in [2.24, 2.45) is 0 Å². The molecule has 92 valence electrons. The Morgan fingerprint density at radius 2 is 1.41 bits per heavy atom. The first kappa shape index (κ1) is 15.2. The lowest BCUT2D eigenvalue weighted by atomic mass is 9.90. The molecule has 0 aromatic heterocycles. The van der Waals surface area contributed by atoms with Crippen LogP contribution in [0.5, 0.6) is 0 Å². The molecule has 2 nitrogen and oxygen atoms in total. The molecule has 0 rings (SSSR count). The topological polar surface area (TPSA) is 37.3 Å². The highest BCUT2D eigenvalue weighted by Crippen LogP contribution is 2.27. The van der Waals surface area contributed by atoms with E-state index in [4.69, 9.17) is 5.11 Å². The van der Waals surface area contributed by atoms with Crippen LogP contribution in [0, 0.1) is 0 Å². The Morgan fingerprint density at radius 3 is 1.82 bits per heavy atom. The zero-order chi connectivity index (χ0) is 13.6. The van der Waals surface area contributed by atoms with Crippen LogP contribution in [0.3, 0.4) is 0 Å². The third kappa shape index (κ3) is 4.27. The molecule has 0 aliphatic heterocycles. The monoisotopic (exact) mass is 232 g/mol. The van der Waals surface area contributed by atoms with Crippen molar-refractivity contribution in [3.05, 3.63) is 60.8 Å². The smallest absolute Gasteiger partial charge is 0.335 e. The van der Waals surface area contributed by atoms with Gasteiger partial charge in [-0.2, -0.15) is 0 Å². The van der Waals surface area contributed by atoms with Gasteiger partial charge in [0, 0.05) is 0 Å². The van der Waals surface area contributed by atoms with Crippen molar-refractivity contribution in [2.45, 2.75) is 26.2 Å². The van der Waals surface area contributed by atoms with E-state index >= 15 is 0 Å². The molecular formula is C15H20O2. The summed E-state index contributed by atoms with van der Waals surface area (Å²) in [6.45, 7) is 20.8. The minimum absolute atomic E-state index is 0.0561. The van der Waals surface area contributed by atoms with Crippen molar-refractivity contribution in [2.75, 3.05) is 0 Å². The summed E-state index contributed by atoms with van der Waals surface area (Å²) in [5.74, 6) is -1.09. The molecule has 0 unspecified atom stereocenters. The van der Waals surface area contributed by atoms with Crippen LogP contribution in [0.1, 0.15) is 26.2 Å². The number of aliphatic carboxylic acids is 1. The molecule has 0 bridgehead atoms. The molecule has 0 fully saturated rings. The third-order valence-corrected chi connectivity index (χ3v) is 2.61. The predicted molar refractivity (Wildman–Crippen MR) is 72.9 cm³/mol. The molecule has 1 N–H and O–H groups in total. The maximum atomic E-state index is 10.8. The minimum atomic E-state index is -1.09. The normalized spacial score (nSPS) is 9.47. The van der Waals surface area contributed by atoms with Gasteiger partial charge in [0.25, 0.3) is 0 Å². The quantitative estimate of drug-likeness (QED) is 0.506. The second kappa shape index (κ2) is 6.69. The number of unbranched alkanes of at least 4 members (excludes halogenated alkanes) is 1. The maximum absolute atomic E-state index is 10.8. The first-order chi connectivity index (χ1) is 7.82. The number of carbonyl (C=O) groups is 1. The molecule has 17 heavy (non-hydrogen) atoms. The molecule has 0 aliphatic rings. The first-order valence-electron chi connectivity index (χ1n) is 5.51. The van der Waals surface area contributed by atoms with Crippen LogP contribution in [-0.2, 0) is 4.79 Å². The molecule has 2 heteroatoms. The number of rotatable bonds is 8. The van der Waals surface area contributed by atoms with E-state index in [1.165, 1.54) is 0 Å². The fourth-order valence-electron chi connectivity index (χ4n) is 1.25. The summed E-state index contributed by atoms with van der Waals surface area (Å²) >= 11 is 0. The zero-order valence-corrected chi connectivity index (χ0v) is 10.5. The van der Waals surface area contributed by atoms with E-state index in [0.717, 1.165) is 24.8 Å². The molecule has 0 aromatic carbocycles. The van der Waals surface area contributed by atoms with Gasteiger partial charge in [0.15, 0.2) is 0 Å². The number of hydrogen-bond acceptors (Lipinski definition) is 1. The van der Waals surface area contributed by atoms with Crippen molar-refractivity contribution in [3.63, 3.8) is 0 Å². The van der Waals surface area contributed by atoms with E-state index in [-0.39, 0.29) is 5.57 Å². The average Bonchev–Trinajstić information content (AvgIpc) is 2.31. The maximum Gasteiger partial charge on any atom is 0.335 e. The lowest BCUT2D eigenvalue weighted by Gasteiger charge is -2.14. The molecule has 0 amide bonds. The van der Waals surface area contributed by atoms with Crippen LogP contribution in [-0.4, -0.2) is 11.1 Å². The number of allylic oxidation sites excluding steroid dienone is 3. The number of hydrogen-bond donors (Lipinski definition) is 1. The summed E-state index contributed by atoms with van der Waals surface area (Å²) in [6, 6.07) is 0. The van der Waals surface area contributed by atoms with Crippen molar-refractivity contribution < 1.29 is 9.90 Å². The van der Waals surface area contributed by atoms with Crippen molar-refractivity contribution in [1.82, 2.24) is 0 Å². The largest absolute Gasteiger partial charge is 0.478 e. The Hall–Kier alpha value is -1.83. The molecule has 0 atom stereocenters. The Labute approximate surface area is 103 Å². The fraction of sp³-hybridized carbons (Fsp3) is 0.267. The van der Waals surface area contributed by atoms with E-state index in [2.05, 4.69) is 39.8 Å². The molecule has 0 heterocycles. The molecule has 0 radical (unpaired) electrons.